The first-order valence-corrected chi connectivity index (χ1v) is 9.05. The molecule has 3 rings (SSSR count). The van der Waals surface area contributed by atoms with Crippen LogP contribution in [-0.2, 0) is 0 Å². The molecule has 1 aromatic carbocycles. The van der Waals surface area contributed by atoms with Crippen LogP contribution in [0, 0.1) is 17.8 Å². The molecule has 3 nitrogen and oxygen atoms in total. The number of pyridine rings is 1. The van der Waals surface area contributed by atoms with Gasteiger partial charge in [0.1, 0.15) is 5.82 Å². The largest absolute Gasteiger partial charge is 0.399 e. The van der Waals surface area contributed by atoms with Crippen molar-refractivity contribution in [3.8, 4) is 23.0 Å². The lowest BCUT2D eigenvalue weighted by Gasteiger charge is -2.04. The maximum absolute atomic E-state index is 6.17. The van der Waals surface area contributed by atoms with Gasteiger partial charge in [-0.05, 0) is 35.9 Å². The minimum atomic E-state index is 0.425. The zero-order valence-electron chi connectivity index (χ0n) is 14.0. The lowest BCUT2D eigenvalue weighted by atomic mass is 10.0. The summed E-state index contributed by atoms with van der Waals surface area (Å²) in [4.78, 5) is 4.37. The van der Waals surface area contributed by atoms with E-state index in [2.05, 4.69) is 36.1 Å². The number of aromatic nitrogens is 1. The Hall–Kier alpha value is -2.51. The number of rotatable bonds is 3. The van der Waals surface area contributed by atoms with Crippen LogP contribution in [0.5, 0.6) is 0 Å². The van der Waals surface area contributed by atoms with Crippen molar-refractivity contribution in [1.82, 2.24) is 4.98 Å². The first-order valence-electron chi connectivity index (χ1n) is 8.17. The highest BCUT2D eigenvalue weighted by atomic mass is 32.1. The molecule has 24 heavy (non-hydrogen) atoms. The molecule has 0 aliphatic carbocycles. The molecule has 0 amide bonds. The highest BCUT2D eigenvalue weighted by molar-refractivity contribution is 7.18. The Morgan fingerprint density at radius 1 is 1.12 bits per heavy atom. The van der Waals surface area contributed by atoms with Crippen molar-refractivity contribution in [2.45, 2.75) is 26.7 Å². The van der Waals surface area contributed by atoms with Crippen LogP contribution >= 0.6 is 11.3 Å². The lowest BCUT2D eigenvalue weighted by Crippen LogP contribution is -1.94. The van der Waals surface area contributed by atoms with Gasteiger partial charge < -0.3 is 11.5 Å². The predicted molar refractivity (Wildman–Crippen MR) is 105 cm³/mol. The number of nitrogens with zero attached hydrogens (tertiary/aromatic N) is 1. The van der Waals surface area contributed by atoms with Crippen LogP contribution in [0.15, 0.2) is 35.8 Å². The van der Waals surface area contributed by atoms with Gasteiger partial charge in [-0.15, -0.1) is 11.3 Å². The van der Waals surface area contributed by atoms with Gasteiger partial charge in [0, 0.05) is 28.8 Å². The number of hydrogen-bond acceptors (Lipinski definition) is 4. The Morgan fingerprint density at radius 3 is 2.50 bits per heavy atom. The summed E-state index contributed by atoms with van der Waals surface area (Å²) in [6.45, 7) is 4.34. The fourth-order valence-corrected chi connectivity index (χ4v) is 3.76. The van der Waals surface area contributed by atoms with E-state index in [4.69, 9.17) is 11.5 Å². The van der Waals surface area contributed by atoms with Gasteiger partial charge in [0.05, 0.1) is 10.3 Å². The van der Waals surface area contributed by atoms with E-state index in [9.17, 15) is 0 Å². The maximum Gasteiger partial charge on any atom is 0.132 e. The van der Waals surface area contributed by atoms with E-state index >= 15 is 0 Å². The third-order valence-corrected chi connectivity index (χ3v) is 5.26. The summed E-state index contributed by atoms with van der Waals surface area (Å²) < 4.78 is 1.10. The van der Waals surface area contributed by atoms with Crippen molar-refractivity contribution < 1.29 is 0 Å². The zero-order chi connectivity index (χ0) is 17.1. The molecule has 0 unspecified atom stereocenters. The van der Waals surface area contributed by atoms with Crippen LogP contribution in [0.1, 0.15) is 32.3 Å². The molecule has 4 N–H and O–H groups in total. The second-order valence-electron chi connectivity index (χ2n) is 5.82. The van der Waals surface area contributed by atoms with Crippen molar-refractivity contribution in [2.24, 2.45) is 5.92 Å². The second-order valence-corrected chi connectivity index (χ2v) is 6.70. The Balaban J connectivity index is 2.12. The van der Waals surface area contributed by atoms with Crippen LogP contribution in [0.25, 0.3) is 21.2 Å². The number of nitrogens with two attached hydrogens (primary N) is 2. The highest BCUT2D eigenvalue weighted by Crippen LogP contribution is 2.38. The molecular formula is C20H21N3S. The third kappa shape index (κ3) is 3.08. The molecule has 0 saturated carbocycles. The Labute approximate surface area is 146 Å². The molecule has 0 atom stereocenters. The summed E-state index contributed by atoms with van der Waals surface area (Å²) in [7, 11) is 0. The molecular weight excluding hydrogens is 314 g/mol. The van der Waals surface area contributed by atoms with E-state index < -0.39 is 0 Å². The maximum atomic E-state index is 6.17. The highest BCUT2D eigenvalue weighted by Gasteiger charge is 2.13. The Morgan fingerprint density at radius 2 is 1.83 bits per heavy atom. The zero-order valence-corrected chi connectivity index (χ0v) is 14.8. The van der Waals surface area contributed by atoms with Crippen molar-refractivity contribution in [3.63, 3.8) is 0 Å². The standard InChI is InChI=1S/C20H21N3S/c1-3-13(4-2)5-6-15-11-23-20(22)18-17(12-24-19(15)18)14-7-9-16(21)10-8-14/h7-13H,3-4,21H2,1-2H3,(H2,22,23). The van der Waals surface area contributed by atoms with E-state index in [0.29, 0.717) is 11.7 Å². The molecule has 4 heteroatoms. The van der Waals surface area contributed by atoms with Gasteiger partial charge in [0.15, 0.2) is 0 Å². The third-order valence-electron chi connectivity index (χ3n) is 4.24. The summed E-state index contributed by atoms with van der Waals surface area (Å²) in [5.74, 6) is 7.65. The number of anilines is 2. The van der Waals surface area contributed by atoms with Gasteiger partial charge >= 0.3 is 0 Å². The van der Waals surface area contributed by atoms with Gasteiger partial charge in [-0.3, -0.25) is 0 Å². The number of hydrogen-bond donors (Lipinski definition) is 2. The molecule has 0 aliphatic rings. The summed E-state index contributed by atoms with van der Waals surface area (Å²) in [5, 5.41) is 3.11. The van der Waals surface area contributed by atoms with Gasteiger partial charge in [-0.25, -0.2) is 4.98 Å². The predicted octanol–water partition coefficient (Wildman–Crippen LogP) is 4.92. The molecule has 122 valence electrons. The molecule has 2 heterocycles. The molecule has 0 aliphatic heterocycles. The fourth-order valence-electron chi connectivity index (χ4n) is 2.70. The first kappa shape index (κ1) is 16.4. The average molecular weight is 335 g/mol. The summed E-state index contributed by atoms with van der Waals surface area (Å²) >= 11 is 1.67. The monoisotopic (exact) mass is 335 g/mol. The molecule has 3 aromatic rings. The molecule has 2 aromatic heterocycles. The van der Waals surface area contributed by atoms with Crippen LogP contribution in [-0.4, -0.2) is 4.98 Å². The number of thiophene rings is 1. The van der Waals surface area contributed by atoms with E-state index in [-0.39, 0.29) is 0 Å². The minimum absolute atomic E-state index is 0.425. The average Bonchev–Trinajstić information content (AvgIpc) is 3.04. The minimum Gasteiger partial charge on any atom is -0.399 e. The molecule has 0 bridgehead atoms. The lowest BCUT2D eigenvalue weighted by molar-refractivity contribution is 0.627. The van der Waals surface area contributed by atoms with E-state index in [1.54, 1.807) is 17.5 Å². The van der Waals surface area contributed by atoms with Crippen molar-refractivity contribution in [3.05, 3.63) is 41.4 Å². The molecule has 0 spiro atoms. The van der Waals surface area contributed by atoms with Crippen LogP contribution in [0.4, 0.5) is 11.5 Å². The number of fused-ring (bicyclic) bond motifs is 1. The van der Waals surface area contributed by atoms with Gasteiger partial charge in [0.25, 0.3) is 0 Å². The normalized spacial score (nSPS) is 10.8. The topological polar surface area (TPSA) is 64.9 Å². The fraction of sp³-hybridized carbons (Fsp3) is 0.250. The molecule has 0 fully saturated rings. The van der Waals surface area contributed by atoms with E-state index in [1.807, 2.05) is 24.3 Å². The van der Waals surface area contributed by atoms with Gasteiger partial charge in [-0.2, -0.15) is 0 Å². The quantitative estimate of drug-likeness (QED) is 0.527. The molecule has 0 radical (unpaired) electrons. The molecule has 0 saturated heterocycles. The Kier molecular flexibility index (Phi) is 4.73. The summed E-state index contributed by atoms with van der Waals surface area (Å²) in [6.07, 6.45) is 3.92. The van der Waals surface area contributed by atoms with E-state index in [0.717, 1.165) is 45.3 Å². The van der Waals surface area contributed by atoms with Gasteiger partial charge in [-0.1, -0.05) is 37.8 Å². The Bertz CT molecular complexity index is 910. The number of benzene rings is 1. The smallest absolute Gasteiger partial charge is 0.132 e. The van der Waals surface area contributed by atoms with Crippen molar-refractivity contribution in [2.75, 3.05) is 11.5 Å². The van der Waals surface area contributed by atoms with Crippen molar-refractivity contribution in [1.29, 1.82) is 0 Å². The van der Waals surface area contributed by atoms with E-state index in [1.165, 1.54) is 0 Å². The van der Waals surface area contributed by atoms with Crippen LogP contribution in [0.3, 0.4) is 0 Å². The summed E-state index contributed by atoms with van der Waals surface area (Å²) in [5.41, 5.74) is 15.8. The number of nitrogen functional groups attached to an aromatic ring is 2. The van der Waals surface area contributed by atoms with Crippen LogP contribution in [0.2, 0.25) is 0 Å². The SMILES string of the molecule is CCC(C#Cc1cnc(N)c2c(-c3ccc(N)cc3)csc12)CC. The van der Waals surface area contributed by atoms with Gasteiger partial charge in [0.2, 0.25) is 0 Å². The summed E-state index contributed by atoms with van der Waals surface area (Å²) in [6, 6.07) is 7.83. The first-order chi connectivity index (χ1) is 11.6. The van der Waals surface area contributed by atoms with Crippen LogP contribution < -0.4 is 11.5 Å². The van der Waals surface area contributed by atoms with Crippen molar-refractivity contribution >= 4 is 32.9 Å². The second kappa shape index (κ2) is 6.94.